The minimum Gasteiger partial charge on any atom is -0.466 e. The molecule has 0 bridgehead atoms. The van der Waals surface area contributed by atoms with Crippen molar-refractivity contribution < 1.29 is 23.5 Å². The second kappa shape index (κ2) is 7.35. The summed E-state index contributed by atoms with van der Waals surface area (Å²) in [7, 11) is 1.15. The molecule has 1 unspecified atom stereocenters. The number of esters is 2. The smallest absolute Gasteiger partial charge is 0.352 e. The summed E-state index contributed by atoms with van der Waals surface area (Å²) in [5.41, 5.74) is 0.543. The Kier molecular flexibility index (Phi) is 5.15. The summed E-state index contributed by atoms with van der Waals surface area (Å²) in [6, 6.07) is 8.28. The molecule has 8 heteroatoms. The van der Waals surface area contributed by atoms with Gasteiger partial charge in [-0.25, -0.2) is 14.0 Å². The molecule has 3 aromatic rings. The third-order valence-corrected chi connectivity index (χ3v) is 4.29. The SMILES string of the molecule is COC(=O)C(OC(=O)c1cc(F)cc2cc[nH]c12)c1ccc(Cl)cc1Cl. The monoisotopic (exact) mass is 395 g/mol. The van der Waals surface area contributed by atoms with Gasteiger partial charge in [0.25, 0.3) is 0 Å². The minimum atomic E-state index is -1.43. The third-order valence-electron chi connectivity index (χ3n) is 3.73. The summed E-state index contributed by atoms with van der Waals surface area (Å²) >= 11 is 12.0. The highest BCUT2D eigenvalue weighted by molar-refractivity contribution is 6.35. The fraction of sp³-hybridized carbons (Fsp3) is 0.111. The van der Waals surface area contributed by atoms with Gasteiger partial charge < -0.3 is 14.5 Å². The molecule has 0 amide bonds. The van der Waals surface area contributed by atoms with Crippen molar-refractivity contribution in [2.45, 2.75) is 6.10 Å². The number of fused-ring (bicyclic) bond motifs is 1. The zero-order valence-electron chi connectivity index (χ0n) is 13.4. The highest BCUT2D eigenvalue weighted by atomic mass is 35.5. The lowest BCUT2D eigenvalue weighted by molar-refractivity contribution is -0.151. The summed E-state index contributed by atoms with van der Waals surface area (Å²) in [5, 5.41) is 0.980. The molecule has 1 atom stereocenters. The molecule has 2 aromatic carbocycles. The Bertz CT molecular complexity index is 1000. The number of hydrogen-bond donors (Lipinski definition) is 1. The van der Waals surface area contributed by atoms with Crippen molar-refractivity contribution in [3.8, 4) is 0 Å². The summed E-state index contributed by atoms with van der Waals surface area (Å²) in [6.07, 6.45) is 0.139. The Labute approximate surface area is 157 Å². The van der Waals surface area contributed by atoms with E-state index < -0.39 is 23.9 Å². The second-order valence-electron chi connectivity index (χ2n) is 5.37. The van der Waals surface area contributed by atoms with E-state index in [0.29, 0.717) is 15.9 Å². The quantitative estimate of drug-likeness (QED) is 0.650. The lowest BCUT2D eigenvalue weighted by Crippen LogP contribution is -2.22. The van der Waals surface area contributed by atoms with Crippen molar-refractivity contribution >= 4 is 46.0 Å². The molecule has 26 heavy (non-hydrogen) atoms. The van der Waals surface area contributed by atoms with E-state index in [-0.39, 0.29) is 16.1 Å². The van der Waals surface area contributed by atoms with E-state index in [2.05, 4.69) is 4.98 Å². The number of methoxy groups -OCH3 is 1. The molecule has 0 fully saturated rings. The average molecular weight is 396 g/mol. The summed E-state index contributed by atoms with van der Waals surface area (Å²) in [6.45, 7) is 0. The van der Waals surface area contributed by atoms with Crippen LogP contribution in [0.2, 0.25) is 10.0 Å². The van der Waals surface area contributed by atoms with Crippen molar-refractivity contribution in [3.05, 3.63) is 69.6 Å². The molecule has 0 aliphatic rings. The number of carbonyl (C=O) groups is 2. The van der Waals surface area contributed by atoms with Gasteiger partial charge in [0.1, 0.15) is 5.82 Å². The van der Waals surface area contributed by atoms with Crippen molar-refractivity contribution in [2.75, 3.05) is 7.11 Å². The highest BCUT2D eigenvalue weighted by Crippen LogP contribution is 2.31. The Morgan fingerprint density at radius 3 is 2.62 bits per heavy atom. The van der Waals surface area contributed by atoms with Crippen LogP contribution in [0.5, 0.6) is 0 Å². The number of rotatable bonds is 4. The Morgan fingerprint density at radius 1 is 1.15 bits per heavy atom. The maximum Gasteiger partial charge on any atom is 0.352 e. The predicted molar refractivity (Wildman–Crippen MR) is 94.9 cm³/mol. The summed E-state index contributed by atoms with van der Waals surface area (Å²) in [4.78, 5) is 27.6. The van der Waals surface area contributed by atoms with Crippen molar-refractivity contribution in [1.29, 1.82) is 0 Å². The molecule has 0 aliphatic carbocycles. The second-order valence-corrected chi connectivity index (χ2v) is 6.21. The molecule has 5 nitrogen and oxygen atoms in total. The maximum atomic E-state index is 13.8. The van der Waals surface area contributed by atoms with Crippen molar-refractivity contribution in [3.63, 3.8) is 0 Å². The predicted octanol–water partition coefficient (Wildman–Crippen LogP) is 4.68. The standard InChI is InChI=1S/C18H12Cl2FNO4/c1-25-18(24)16(12-3-2-10(19)7-14(12)20)26-17(23)13-8-11(21)6-9-4-5-22-15(9)13/h2-8,16,22H,1H3. The molecule has 0 saturated carbocycles. The van der Waals surface area contributed by atoms with Gasteiger partial charge in [-0.05, 0) is 30.3 Å². The normalized spacial score (nSPS) is 12.0. The highest BCUT2D eigenvalue weighted by Gasteiger charge is 2.29. The number of H-pyrrole nitrogens is 1. The molecule has 134 valence electrons. The lowest BCUT2D eigenvalue weighted by Gasteiger charge is -2.17. The number of benzene rings is 2. The number of ether oxygens (including phenoxy) is 2. The zero-order valence-corrected chi connectivity index (χ0v) is 14.9. The first-order valence-electron chi connectivity index (χ1n) is 7.41. The van der Waals surface area contributed by atoms with E-state index in [4.69, 9.17) is 32.7 Å². The lowest BCUT2D eigenvalue weighted by atomic mass is 10.1. The number of carbonyl (C=O) groups excluding carboxylic acids is 2. The van der Waals surface area contributed by atoms with Gasteiger partial charge in [0, 0.05) is 27.2 Å². The molecule has 0 saturated heterocycles. The van der Waals surface area contributed by atoms with Crippen molar-refractivity contribution in [2.24, 2.45) is 0 Å². The number of halogens is 3. The van der Waals surface area contributed by atoms with Crippen LogP contribution in [0.4, 0.5) is 4.39 Å². The molecule has 0 spiro atoms. The first kappa shape index (κ1) is 18.2. The van der Waals surface area contributed by atoms with Gasteiger partial charge in [0.05, 0.1) is 18.2 Å². The maximum absolute atomic E-state index is 13.8. The average Bonchev–Trinajstić information content (AvgIpc) is 3.06. The van der Waals surface area contributed by atoms with Crippen LogP contribution in [0.3, 0.4) is 0 Å². The number of hydrogen-bond acceptors (Lipinski definition) is 4. The molecule has 3 rings (SSSR count). The van der Waals surface area contributed by atoms with Crippen LogP contribution in [-0.4, -0.2) is 24.0 Å². The molecule has 0 aliphatic heterocycles. The Morgan fingerprint density at radius 2 is 1.92 bits per heavy atom. The largest absolute Gasteiger partial charge is 0.466 e. The van der Waals surface area contributed by atoms with Crippen LogP contribution < -0.4 is 0 Å². The first-order chi connectivity index (χ1) is 12.4. The van der Waals surface area contributed by atoms with Crippen LogP contribution in [0.15, 0.2) is 42.6 Å². The summed E-state index contributed by atoms with van der Waals surface area (Å²) in [5.74, 6) is -2.34. The fourth-order valence-corrected chi connectivity index (χ4v) is 3.03. The van der Waals surface area contributed by atoms with Gasteiger partial charge in [-0.3, -0.25) is 0 Å². The van der Waals surface area contributed by atoms with Gasteiger partial charge in [-0.15, -0.1) is 0 Å². The van der Waals surface area contributed by atoms with Crippen LogP contribution in [-0.2, 0) is 14.3 Å². The zero-order chi connectivity index (χ0) is 18.8. The molecule has 1 aromatic heterocycles. The molecule has 1 N–H and O–H groups in total. The van der Waals surface area contributed by atoms with Gasteiger partial charge in [0.15, 0.2) is 0 Å². The van der Waals surface area contributed by atoms with E-state index in [1.807, 2.05) is 0 Å². The van der Waals surface area contributed by atoms with Crippen LogP contribution >= 0.6 is 23.2 Å². The van der Waals surface area contributed by atoms with Crippen LogP contribution in [0.25, 0.3) is 10.9 Å². The van der Waals surface area contributed by atoms with Crippen LogP contribution in [0.1, 0.15) is 22.0 Å². The van der Waals surface area contributed by atoms with E-state index >= 15 is 0 Å². The van der Waals surface area contributed by atoms with E-state index in [9.17, 15) is 14.0 Å². The Hall–Kier alpha value is -2.57. The molecular weight excluding hydrogens is 384 g/mol. The van der Waals surface area contributed by atoms with Gasteiger partial charge in [0.2, 0.25) is 6.10 Å². The van der Waals surface area contributed by atoms with Crippen LogP contribution in [0, 0.1) is 5.82 Å². The molecular formula is C18H12Cl2FNO4. The minimum absolute atomic E-state index is 0.0519. The van der Waals surface area contributed by atoms with Gasteiger partial charge in [-0.2, -0.15) is 0 Å². The Balaban J connectivity index is 2.00. The van der Waals surface area contributed by atoms with Gasteiger partial charge >= 0.3 is 11.9 Å². The molecule has 0 radical (unpaired) electrons. The number of nitrogens with one attached hydrogen (secondary N) is 1. The van der Waals surface area contributed by atoms with E-state index in [0.717, 1.165) is 13.2 Å². The molecule has 1 heterocycles. The topological polar surface area (TPSA) is 68.4 Å². The van der Waals surface area contributed by atoms with Crippen molar-refractivity contribution in [1.82, 2.24) is 4.98 Å². The third kappa shape index (κ3) is 3.52. The summed E-state index contributed by atoms with van der Waals surface area (Å²) < 4.78 is 23.8. The number of aromatic amines is 1. The first-order valence-corrected chi connectivity index (χ1v) is 8.16. The fourth-order valence-electron chi connectivity index (χ4n) is 2.53. The van der Waals surface area contributed by atoms with Gasteiger partial charge in [-0.1, -0.05) is 29.3 Å². The number of aromatic nitrogens is 1. The van der Waals surface area contributed by atoms with E-state index in [1.165, 1.54) is 24.3 Å². The van der Waals surface area contributed by atoms with E-state index in [1.54, 1.807) is 12.3 Å².